The Morgan fingerprint density at radius 1 is 0.385 bits per heavy atom. The summed E-state index contributed by atoms with van der Waals surface area (Å²) in [6.07, 6.45) is 0. The second-order valence-electron chi connectivity index (χ2n) is 10.3. The van der Waals surface area contributed by atoms with Gasteiger partial charge in [-0.3, -0.25) is 0 Å². The maximum absolute atomic E-state index is 2.41. The van der Waals surface area contributed by atoms with Crippen molar-refractivity contribution in [3.8, 4) is 27.9 Å². The molecular weight excluding hydrogens is 472 g/mol. The molecule has 0 N–H and O–H groups in total. The van der Waals surface area contributed by atoms with Crippen molar-refractivity contribution in [3.05, 3.63) is 140 Å². The van der Waals surface area contributed by atoms with Crippen LogP contribution in [0.15, 0.2) is 140 Å². The van der Waals surface area contributed by atoms with Crippen LogP contribution in [0.1, 0.15) is 0 Å². The molecule has 6 aromatic carbocycles. The van der Waals surface area contributed by atoms with Crippen LogP contribution < -0.4 is 0 Å². The third-order valence-corrected chi connectivity index (χ3v) is 8.14. The maximum Gasteiger partial charge on any atom is 0.0547 e. The molecule has 2 heterocycles. The molecule has 0 aliphatic rings. The van der Waals surface area contributed by atoms with E-state index in [1.54, 1.807) is 0 Å². The van der Waals surface area contributed by atoms with E-state index in [0.717, 1.165) is 0 Å². The monoisotopic (exact) mass is 498 g/mol. The number of para-hydroxylation sites is 3. The molecule has 0 unspecified atom stereocenters. The normalized spacial score (nSPS) is 11.7. The Labute approximate surface area is 227 Å². The van der Waals surface area contributed by atoms with Gasteiger partial charge in [-0.15, -0.1) is 0 Å². The minimum atomic E-state index is 1.17. The van der Waals surface area contributed by atoms with Crippen molar-refractivity contribution in [3.63, 3.8) is 0 Å². The van der Waals surface area contributed by atoms with E-state index in [2.05, 4.69) is 156 Å². The predicted octanol–water partition coefficient (Wildman–Crippen LogP) is 9.76. The molecule has 39 heavy (non-hydrogen) atoms. The van der Waals surface area contributed by atoms with Crippen LogP contribution in [0.2, 0.25) is 0 Å². The summed E-state index contributed by atoms with van der Waals surface area (Å²) in [5.74, 6) is 0. The summed E-state index contributed by atoms with van der Waals surface area (Å²) in [4.78, 5) is 0. The molecule has 8 rings (SSSR count). The summed E-state index contributed by atoms with van der Waals surface area (Å²) in [7, 11) is 2.16. The molecule has 8 aromatic rings. The van der Waals surface area contributed by atoms with Gasteiger partial charge in [-0.25, -0.2) is 0 Å². The lowest BCUT2D eigenvalue weighted by Crippen LogP contribution is -1.94. The van der Waals surface area contributed by atoms with Gasteiger partial charge in [-0.2, -0.15) is 0 Å². The zero-order valence-corrected chi connectivity index (χ0v) is 21.7. The molecule has 0 radical (unpaired) electrons. The van der Waals surface area contributed by atoms with Gasteiger partial charge in [0.1, 0.15) is 0 Å². The minimum absolute atomic E-state index is 1.17. The zero-order chi connectivity index (χ0) is 25.9. The average Bonchev–Trinajstić information content (AvgIpc) is 3.49. The molecule has 0 saturated heterocycles. The Morgan fingerprint density at radius 2 is 0.949 bits per heavy atom. The fraction of sp³-hybridized carbons (Fsp3) is 0.0270. The number of fused-ring (bicyclic) bond motifs is 6. The number of aromatic nitrogens is 2. The smallest absolute Gasteiger partial charge is 0.0547 e. The summed E-state index contributed by atoms with van der Waals surface area (Å²) in [6.45, 7) is 0. The van der Waals surface area contributed by atoms with Crippen molar-refractivity contribution >= 4 is 43.6 Å². The van der Waals surface area contributed by atoms with E-state index in [0.29, 0.717) is 0 Å². The first-order valence-corrected chi connectivity index (χ1v) is 13.4. The second-order valence-corrected chi connectivity index (χ2v) is 10.3. The van der Waals surface area contributed by atoms with Crippen LogP contribution >= 0.6 is 0 Å². The molecule has 0 saturated carbocycles. The van der Waals surface area contributed by atoms with Gasteiger partial charge in [-0.1, -0.05) is 91.0 Å². The molecule has 0 spiro atoms. The minimum Gasteiger partial charge on any atom is -0.344 e. The number of nitrogens with zero attached hydrogens (tertiary/aromatic N) is 2. The molecule has 2 aromatic heterocycles. The molecule has 0 bridgehead atoms. The van der Waals surface area contributed by atoms with Crippen LogP contribution in [-0.4, -0.2) is 9.13 Å². The second kappa shape index (κ2) is 8.47. The van der Waals surface area contributed by atoms with E-state index >= 15 is 0 Å². The van der Waals surface area contributed by atoms with Crippen molar-refractivity contribution in [2.24, 2.45) is 7.05 Å². The van der Waals surface area contributed by atoms with Gasteiger partial charge in [0.05, 0.1) is 11.0 Å². The van der Waals surface area contributed by atoms with Crippen LogP contribution in [0.25, 0.3) is 71.6 Å². The van der Waals surface area contributed by atoms with Crippen molar-refractivity contribution in [1.82, 2.24) is 9.13 Å². The summed E-state index contributed by atoms with van der Waals surface area (Å²) >= 11 is 0. The SMILES string of the molecule is Cn1c2ccccc2c2cc(-c3cc4c5ccccc5n(-c5ccccc5)c4cc3-c3ccccc3)ccc21. The summed E-state index contributed by atoms with van der Waals surface area (Å²) in [6, 6.07) is 50.6. The fourth-order valence-electron chi connectivity index (χ4n) is 6.30. The maximum atomic E-state index is 2.41. The first kappa shape index (κ1) is 22.0. The Kier molecular flexibility index (Phi) is 4.77. The van der Waals surface area contributed by atoms with Gasteiger partial charge in [0.25, 0.3) is 0 Å². The molecule has 0 atom stereocenters. The molecule has 2 nitrogen and oxygen atoms in total. The van der Waals surface area contributed by atoms with E-state index in [4.69, 9.17) is 0 Å². The van der Waals surface area contributed by atoms with E-state index in [1.807, 2.05) is 0 Å². The van der Waals surface area contributed by atoms with Gasteiger partial charge in [0, 0.05) is 45.3 Å². The molecule has 0 fully saturated rings. The lowest BCUT2D eigenvalue weighted by atomic mass is 9.92. The summed E-state index contributed by atoms with van der Waals surface area (Å²) in [5, 5.41) is 5.11. The van der Waals surface area contributed by atoms with Crippen LogP contribution in [-0.2, 0) is 7.05 Å². The van der Waals surface area contributed by atoms with Crippen LogP contribution in [0.4, 0.5) is 0 Å². The number of hydrogen-bond donors (Lipinski definition) is 0. The average molecular weight is 499 g/mol. The first-order valence-electron chi connectivity index (χ1n) is 13.4. The largest absolute Gasteiger partial charge is 0.344 e. The van der Waals surface area contributed by atoms with Gasteiger partial charge in [0.15, 0.2) is 0 Å². The standard InChI is InChI=1S/C37H26N2/c1-38-34-18-10-8-16-28(34)32-22-26(20-21-35(32)38)30-23-33-29-17-9-11-19-36(29)39(27-14-6-3-7-15-27)37(33)24-31(30)25-12-4-2-5-13-25/h2-24H,1H3. The molecule has 0 amide bonds. The predicted molar refractivity (Wildman–Crippen MR) is 166 cm³/mol. The van der Waals surface area contributed by atoms with Crippen molar-refractivity contribution in [2.45, 2.75) is 0 Å². The van der Waals surface area contributed by atoms with Gasteiger partial charge in [0.2, 0.25) is 0 Å². The fourth-order valence-corrected chi connectivity index (χ4v) is 6.30. The summed E-state index contributed by atoms with van der Waals surface area (Å²) < 4.78 is 4.69. The Morgan fingerprint density at radius 3 is 1.72 bits per heavy atom. The quantitative estimate of drug-likeness (QED) is 0.229. The lowest BCUT2D eigenvalue weighted by molar-refractivity contribution is 1.01. The Bertz CT molecular complexity index is 2160. The number of aryl methyl sites for hydroxylation is 1. The summed E-state index contributed by atoms with van der Waals surface area (Å²) in [5.41, 5.74) is 11.1. The highest BCUT2D eigenvalue weighted by Crippen LogP contribution is 2.42. The third kappa shape index (κ3) is 3.28. The third-order valence-electron chi connectivity index (χ3n) is 8.14. The molecular formula is C37H26N2. The Hall–Kier alpha value is -5.08. The highest BCUT2D eigenvalue weighted by atomic mass is 15.0. The van der Waals surface area contributed by atoms with E-state index in [1.165, 1.54) is 71.6 Å². The molecule has 2 heteroatoms. The zero-order valence-electron chi connectivity index (χ0n) is 21.7. The van der Waals surface area contributed by atoms with Crippen LogP contribution in [0.5, 0.6) is 0 Å². The van der Waals surface area contributed by atoms with E-state index in [9.17, 15) is 0 Å². The first-order chi connectivity index (χ1) is 19.3. The highest BCUT2D eigenvalue weighted by molar-refractivity contribution is 6.14. The van der Waals surface area contributed by atoms with Crippen LogP contribution in [0.3, 0.4) is 0 Å². The van der Waals surface area contributed by atoms with Gasteiger partial charge >= 0.3 is 0 Å². The van der Waals surface area contributed by atoms with E-state index < -0.39 is 0 Å². The Balaban J connectivity index is 1.49. The number of rotatable bonds is 3. The van der Waals surface area contributed by atoms with E-state index in [-0.39, 0.29) is 0 Å². The molecule has 184 valence electrons. The van der Waals surface area contributed by atoms with Crippen molar-refractivity contribution in [2.75, 3.05) is 0 Å². The molecule has 0 aliphatic carbocycles. The number of hydrogen-bond acceptors (Lipinski definition) is 0. The van der Waals surface area contributed by atoms with Crippen LogP contribution in [0, 0.1) is 0 Å². The highest BCUT2D eigenvalue weighted by Gasteiger charge is 2.18. The van der Waals surface area contributed by atoms with Crippen molar-refractivity contribution in [1.29, 1.82) is 0 Å². The lowest BCUT2D eigenvalue weighted by Gasteiger charge is -2.14. The topological polar surface area (TPSA) is 9.86 Å². The number of benzene rings is 6. The molecule has 0 aliphatic heterocycles. The van der Waals surface area contributed by atoms with Gasteiger partial charge < -0.3 is 9.13 Å². The van der Waals surface area contributed by atoms with Crippen molar-refractivity contribution < 1.29 is 0 Å². The van der Waals surface area contributed by atoms with Gasteiger partial charge in [-0.05, 0) is 70.8 Å².